The van der Waals surface area contributed by atoms with E-state index < -0.39 is 5.91 Å². The van der Waals surface area contributed by atoms with Gasteiger partial charge in [-0.05, 0) is 45.1 Å². The van der Waals surface area contributed by atoms with Crippen LogP contribution in [0, 0.1) is 0 Å². The number of carbonyl (C=O) groups excluding carboxylic acids is 2. The van der Waals surface area contributed by atoms with Gasteiger partial charge in [0, 0.05) is 6.04 Å². The smallest absolute Gasteiger partial charge is 0.270 e. The first-order valence-electron chi connectivity index (χ1n) is 6.32. The Hall–Kier alpha value is -1.95. The molecule has 1 aliphatic heterocycles. The molecule has 1 aliphatic rings. The molecule has 0 saturated carbocycles. The summed E-state index contributed by atoms with van der Waals surface area (Å²) < 4.78 is 0. The number of hydrogen-bond donors (Lipinski definition) is 2. The van der Waals surface area contributed by atoms with Crippen LogP contribution < -0.4 is 11.1 Å². The van der Waals surface area contributed by atoms with Crippen LogP contribution in [0.1, 0.15) is 33.8 Å². The van der Waals surface area contributed by atoms with E-state index in [1.54, 1.807) is 12.1 Å². The number of nitrogens with one attached hydrogen (secondary N) is 1. The predicted molar refractivity (Wildman–Crippen MR) is 70.7 cm³/mol. The topological polar surface area (TPSA) is 88.3 Å². The highest BCUT2D eigenvalue weighted by atomic mass is 16.2. The van der Waals surface area contributed by atoms with Gasteiger partial charge in [0.15, 0.2) is 0 Å². The molecular formula is C13H18N4O2. The Balaban J connectivity index is 2.00. The molecule has 19 heavy (non-hydrogen) atoms. The molecule has 0 unspecified atom stereocenters. The maximum Gasteiger partial charge on any atom is 0.270 e. The van der Waals surface area contributed by atoms with Gasteiger partial charge >= 0.3 is 0 Å². The van der Waals surface area contributed by atoms with Crippen molar-refractivity contribution in [3.8, 4) is 0 Å². The van der Waals surface area contributed by atoms with E-state index in [2.05, 4.69) is 22.2 Å². The van der Waals surface area contributed by atoms with Gasteiger partial charge in [-0.15, -0.1) is 0 Å². The van der Waals surface area contributed by atoms with Gasteiger partial charge in [-0.3, -0.25) is 9.59 Å². The highest BCUT2D eigenvalue weighted by Crippen LogP contribution is 2.09. The first-order chi connectivity index (χ1) is 9.06. The van der Waals surface area contributed by atoms with Gasteiger partial charge < -0.3 is 16.0 Å². The number of nitrogens with two attached hydrogens (primary N) is 1. The maximum atomic E-state index is 12.0. The van der Waals surface area contributed by atoms with E-state index in [9.17, 15) is 9.59 Å². The molecule has 2 rings (SSSR count). The molecule has 6 heteroatoms. The molecule has 2 heterocycles. The quantitative estimate of drug-likeness (QED) is 0.803. The monoisotopic (exact) mass is 262 g/mol. The molecular weight excluding hydrogens is 244 g/mol. The normalized spacial score (nSPS) is 17.1. The number of aromatic nitrogens is 1. The minimum atomic E-state index is -0.631. The summed E-state index contributed by atoms with van der Waals surface area (Å²) in [5, 5.41) is 2.94. The number of nitrogens with zero attached hydrogens (tertiary/aromatic N) is 2. The zero-order chi connectivity index (χ0) is 13.8. The van der Waals surface area contributed by atoms with Crippen molar-refractivity contribution in [2.45, 2.75) is 18.9 Å². The fraction of sp³-hybridized carbons (Fsp3) is 0.462. The molecule has 0 bridgehead atoms. The third-order valence-electron chi connectivity index (χ3n) is 3.29. The molecule has 1 fully saturated rings. The summed E-state index contributed by atoms with van der Waals surface area (Å²) in [6.07, 6.45) is 1.86. The zero-order valence-corrected chi connectivity index (χ0v) is 10.9. The van der Waals surface area contributed by atoms with E-state index in [1.807, 2.05) is 0 Å². The van der Waals surface area contributed by atoms with Crippen molar-refractivity contribution in [3.05, 3.63) is 29.6 Å². The summed E-state index contributed by atoms with van der Waals surface area (Å²) in [5.41, 5.74) is 5.48. The summed E-state index contributed by atoms with van der Waals surface area (Å²) in [6.45, 7) is 1.94. The van der Waals surface area contributed by atoms with Gasteiger partial charge in [0.1, 0.15) is 11.4 Å². The third kappa shape index (κ3) is 3.51. The van der Waals surface area contributed by atoms with Crippen LogP contribution in [0.25, 0.3) is 0 Å². The van der Waals surface area contributed by atoms with Crippen LogP contribution in [0.2, 0.25) is 0 Å². The van der Waals surface area contributed by atoms with Crippen molar-refractivity contribution in [2.24, 2.45) is 5.73 Å². The van der Waals surface area contributed by atoms with Gasteiger partial charge in [-0.1, -0.05) is 6.07 Å². The first kappa shape index (κ1) is 13.5. The number of likely N-dealkylation sites (tertiary alicyclic amines) is 1. The molecule has 0 atom stereocenters. The number of primary amides is 1. The highest BCUT2D eigenvalue weighted by molar-refractivity contribution is 5.95. The standard InChI is InChI=1S/C13H18N4O2/c1-17-7-5-9(6-8-17)15-13(19)11-4-2-3-10(16-11)12(14)18/h2-4,9H,5-8H2,1H3,(H2,14,18)(H,15,19). The Bertz CT molecular complexity index is 481. The molecule has 0 spiro atoms. The van der Waals surface area contributed by atoms with E-state index in [0.29, 0.717) is 0 Å². The Morgan fingerprint density at radius 2 is 1.95 bits per heavy atom. The van der Waals surface area contributed by atoms with Crippen LogP contribution in [0.15, 0.2) is 18.2 Å². The van der Waals surface area contributed by atoms with Gasteiger partial charge in [0.05, 0.1) is 0 Å². The number of piperidine rings is 1. The fourth-order valence-electron chi connectivity index (χ4n) is 2.11. The molecule has 1 aromatic rings. The number of hydrogen-bond acceptors (Lipinski definition) is 4. The van der Waals surface area contributed by atoms with E-state index in [1.165, 1.54) is 6.07 Å². The molecule has 0 aliphatic carbocycles. The molecule has 1 saturated heterocycles. The van der Waals surface area contributed by atoms with Gasteiger partial charge in [-0.2, -0.15) is 0 Å². The van der Waals surface area contributed by atoms with Crippen LogP contribution in [0.4, 0.5) is 0 Å². The summed E-state index contributed by atoms with van der Waals surface area (Å²) in [6, 6.07) is 4.85. The molecule has 1 aromatic heterocycles. The second kappa shape index (κ2) is 5.79. The van der Waals surface area contributed by atoms with Gasteiger partial charge in [0.25, 0.3) is 11.8 Å². The molecule has 0 aromatic carbocycles. The number of amides is 2. The van der Waals surface area contributed by atoms with Crippen LogP contribution in [-0.2, 0) is 0 Å². The molecule has 6 nitrogen and oxygen atoms in total. The predicted octanol–water partition coefficient (Wildman–Crippen LogP) is 0.00450. The average Bonchev–Trinajstić information content (AvgIpc) is 2.41. The van der Waals surface area contributed by atoms with Crippen molar-refractivity contribution in [2.75, 3.05) is 20.1 Å². The third-order valence-corrected chi connectivity index (χ3v) is 3.29. The van der Waals surface area contributed by atoms with Gasteiger partial charge in [0.2, 0.25) is 0 Å². The van der Waals surface area contributed by atoms with E-state index in [0.717, 1.165) is 25.9 Å². The Labute approximate surface area is 112 Å². The van der Waals surface area contributed by atoms with E-state index >= 15 is 0 Å². The Kier molecular flexibility index (Phi) is 4.11. The SMILES string of the molecule is CN1CCC(NC(=O)c2cccc(C(N)=O)n2)CC1. The molecule has 2 amide bonds. The average molecular weight is 262 g/mol. The number of carbonyl (C=O) groups is 2. The molecule has 0 radical (unpaired) electrons. The second-order valence-electron chi connectivity index (χ2n) is 4.82. The summed E-state index contributed by atoms with van der Waals surface area (Å²) in [7, 11) is 2.07. The van der Waals surface area contributed by atoms with Gasteiger partial charge in [-0.25, -0.2) is 4.98 Å². The van der Waals surface area contributed by atoms with Crippen LogP contribution in [-0.4, -0.2) is 47.9 Å². The van der Waals surface area contributed by atoms with Crippen LogP contribution >= 0.6 is 0 Å². The Morgan fingerprint density at radius 3 is 2.58 bits per heavy atom. The lowest BCUT2D eigenvalue weighted by Crippen LogP contribution is -2.43. The number of rotatable bonds is 3. The van der Waals surface area contributed by atoms with Crippen LogP contribution in [0.3, 0.4) is 0 Å². The fourth-order valence-corrected chi connectivity index (χ4v) is 2.11. The van der Waals surface area contributed by atoms with E-state index in [-0.39, 0.29) is 23.3 Å². The first-order valence-corrected chi connectivity index (χ1v) is 6.32. The van der Waals surface area contributed by atoms with E-state index in [4.69, 9.17) is 5.73 Å². The largest absolute Gasteiger partial charge is 0.364 e. The number of pyridine rings is 1. The lowest BCUT2D eigenvalue weighted by Gasteiger charge is -2.29. The highest BCUT2D eigenvalue weighted by Gasteiger charge is 2.19. The van der Waals surface area contributed by atoms with Crippen molar-refractivity contribution >= 4 is 11.8 Å². The minimum Gasteiger partial charge on any atom is -0.364 e. The lowest BCUT2D eigenvalue weighted by molar-refractivity contribution is 0.0911. The van der Waals surface area contributed by atoms with Crippen LogP contribution in [0.5, 0.6) is 0 Å². The zero-order valence-electron chi connectivity index (χ0n) is 10.9. The molecule has 3 N–H and O–H groups in total. The second-order valence-corrected chi connectivity index (χ2v) is 4.82. The lowest BCUT2D eigenvalue weighted by atomic mass is 10.1. The van der Waals surface area contributed by atoms with Crippen molar-refractivity contribution in [1.82, 2.24) is 15.2 Å². The van der Waals surface area contributed by atoms with Crippen molar-refractivity contribution < 1.29 is 9.59 Å². The summed E-state index contributed by atoms with van der Waals surface area (Å²) in [5.74, 6) is -0.883. The summed E-state index contributed by atoms with van der Waals surface area (Å²) >= 11 is 0. The summed E-state index contributed by atoms with van der Waals surface area (Å²) in [4.78, 5) is 29.2. The molecule has 102 valence electrons. The Morgan fingerprint density at radius 1 is 1.32 bits per heavy atom. The van der Waals surface area contributed by atoms with Crippen molar-refractivity contribution in [1.29, 1.82) is 0 Å². The minimum absolute atomic E-state index is 0.107. The van der Waals surface area contributed by atoms with Crippen molar-refractivity contribution in [3.63, 3.8) is 0 Å². The maximum absolute atomic E-state index is 12.0.